The number of nitrogens with zero attached hydrogens (tertiary/aromatic N) is 5. The number of hydrogen-bond donors (Lipinski definition) is 1. The Bertz CT molecular complexity index is 752. The van der Waals surface area contributed by atoms with Crippen LogP contribution in [0.25, 0.3) is 5.69 Å². The Labute approximate surface area is 141 Å². The summed E-state index contributed by atoms with van der Waals surface area (Å²) in [6, 6.07) is 6.71. The molecule has 0 saturated carbocycles. The topological polar surface area (TPSA) is 93.0 Å². The van der Waals surface area contributed by atoms with E-state index in [2.05, 4.69) is 20.8 Å². The molecule has 0 bridgehead atoms. The molecule has 0 spiro atoms. The molecule has 1 saturated heterocycles. The zero-order valence-corrected chi connectivity index (χ0v) is 13.7. The maximum absolute atomic E-state index is 12.3. The van der Waals surface area contributed by atoms with Gasteiger partial charge in [-0.15, -0.1) is 5.10 Å². The van der Waals surface area contributed by atoms with E-state index in [1.807, 2.05) is 6.07 Å². The van der Waals surface area contributed by atoms with Crippen molar-refractivity contribution in [1.82, 2.24) is 30.4 Å². The van der Waals surface area contributed by atoms with Gasteiger partial charge in [0.2, 0.25) is 11.1 Å². The number of halogens is 1. The minimum Gasteiger partial charge on any atom is -0.336 e. The van der Waals surface area contributed by atoms with Crippen molar-refractivity contribution in [2.24, 2.45) is 0 Å². The fourth-order valence-electron chi connectivity index (χ4n) is 2.13. The molecule has 2 heterocycles. The summed E-state index contributed by atoms with van der Waals surface area (Å²) < 4.78 is 1.50. The van der Waals surface area contributed by atoms with Crippen LogP contribution in [0.3, 0.4) is 0 Å². The van der Waals surface area contributed by atoms with Gasteiger partial charge in [-0.05, 0) is 35.5 Å². The normalized spacial score (nSPS) is 15.6. The van der Waals surface area contributed by atoms with Gasteiger partial charge in [-0.1, -0.05) is 29.4 Å². The second-order valence-corrected chi connectivity index (χ2v) is 6.58. The van der Waals surface area contributed by atoms with Crippen LogP contribution < -0.4 is 5.32 Å². The van der Waals surface area contributed by atoms with E-state index < -0.39 is 5.25 Å². The first-order valence-electron chi connectivity index (χ1n) is 6.86. The van der Waals surface area contributed by atoms with Gasteiger partial charge in [-0.25, -0.2) is 4.79 Å². The van der Waals surface area contributed by atoms with Crippen LogP contribution in [0.1, 0.15) is 6.92 Å². The summed E-state index contributed by atoms with van der Waals surface area (Å²) in [5.74, 6) is -0.273. The molecule has 0 unspecified atom stereocenters. The highest BCUT2D eigenvalue weighted by Gasteiger charge is 2.31. The fraction of sp³-hybridized carbons (Fsp3) is 0.308. The summed E-state index contributed by atoms with van der Waals surface area (Å²) in [5.41, 5.74) is 0.698. The number of carbonyl (C=O) groups excluding carboxylic acids is 2. The van der Waals surface area contributed by atoms with Gasteiger partial charge < -0.3 is 5.32 Å². The van der Waals surface area contributed by atoms with E-state index in [9.17, 15) is 9.59 Å². The molecule has 23 heavy (non-hydrogen) atoms. The Morgan fingerprint density at radius 2 is 2.30 bits per heavy atom. The van der Waals surface area contributed by atoms with Crippen molar-refractivity contribution < 1.29 is 9.59 Å². The molecule has 0 radical (unpaired) electrons. The predicted molar refractivity (Wildman–Crippen MR) is 84.6 cm³/mol. The molecule has 1 aliphatic rings. The predicted octanol–water partition coefficient (Wildman–Crippen LogP) is 1.35. The van der Waals surface area contributed by atoms with Gasteiger partial charge in [0.15, 0.2) is 0 Å². The Morgan fingerprint density at radius 3 is 3.00 bits per heavy atom. The number of benzene rings is 1. The van der Waals surface area contributed by atoms with Crippen LogP contribution in [0.15, 0.2) is 29.4 Å². The Morgan fingerprint density at radius 1 is 1.48 bits per heavy atom. The third-order valence-corrected chi connectivity index (χ3v) is 4.50. The van der Waals surface area contributed by atoms with Crippen LogP contribution in [0.5, 0.6) is 0 Å². The molecule has 8 nitrogen and oxygen atoms in total. The van der Waals surface area contributed by atoms with Crippen LogP contribution in [-0.2, 0) is 4.79 Å². The van der Waals surface area contributed by atoms with E-state index in [1.54, 1.807) is 25.1 Å². The molecule has 1 aromatic heterocycles. The summed E-state index contributed by atoms with van der Waals surface area (Å²) in [6.07, 6.45) is 0. The average molecular weight is 353 g/mol. The van der Waals surface area contributed by atoms with Crippen molar-refractivity contribution in [2.75, 3.05) is 13.1 Å². The minimum absolute atomic E-state index is 0.273. The monoisotopic (exact) mass is 352 g/mol. The number of imide groups is 1. The molecule has 3 amide bonds. The second-order valence-electron chi connectivity index (χ2n) is 4.84. The molecule has 2 aromatic rings. The first kappa shape index (κ1) is 15.8. The molecule has 3 rings (SSSR count). The van der Waals surface area contributed by atoms with E-state index in [-0.39, 0.29) is 11.9 Å². The number of hydrogen-bond acceptors (Lipinski definition) is 6. The van der Waals surface area contributed by atoms with E-state index in [0.29, 0.717) is 29.0 Å². The molecule has 0 aliphatic carbocycles. The molecule has 1 fully saturated rings. The lowest BCUT2D eigenvalue weighted by Gasteiger charge is -2.16. The van der Waals surface area contributed by atoms with E-state index >= 15 is 0 Å². The highest BCUT2D eigenvalue weighted by atomic mass is 35.5. The van der Waals surface area contributed by atoms with E-state index in [4.69, 9.17) is 11.6 Å². The van der Waals surface area contributed by atoms with Gasteiger partial charge in [-0.2, -0.15) is 4.68 Å². The highest BCUT2D eigenvalue weighted by molar-refractivity contribution is 8.00. The van der Waals surface area contributed by atoms with Crippen molar-refractivity contribution >= 4 is 35.3 Å². The molecule has 1 aliphatic heterocycles. The fourth-order valence-corrected chi connectivity index (χ4v) is 3.19. The highest BCUT2D eigenvalue weighted by Crippen LogP contribution is 2.25. The Hall–Kier alpha value is -2.13. The summed E-state index contributed by atoms with van der Waals surface area (Å²) in [7, 11) is 0. The molecular weight excluding hydrogens is 340 g/mol. The van der Waals surface area contributed by atoms with Crippen LogP contribution in [0.4, 0.5) is 4.79 Å². The molecule has 1 N–H and O–H groups in total. The standard InChI is InChI=1S/C13H13ClN6O2S/c1-8(11(21)19-6-5-15-12(19)22)23-13-16-17-18-20(13)10-4-2-3-9(14)7-10/h2-4,7-8H,5-6H2,1H3,(H,15,22)/t8-/m1/s1. The van der Waals surface area contributed by atoms with Crippen molar-refractivity contribution in [1.29, 1.82) is 0 Å². The number of amides is 3. The zero-order valence-electron chi connectivity index (χ0n) is 12.1. The van der Waals surface area contributed by atoms with Crippen molar-refractivity contribution in [3.63, 3.8) is 0 Å². The van der Waals surface area contributed by atoms with Crippen LogP contribution >= 0.6 is 23.4 Å². The van der Waals surface area contributed by atoms with Crippen LogP contribution in [-0.4, -0.2) is 55.4 Å². The van der Waals surface area contributed by atoms with Gasteiger partial charge in [0.25, 0.3) is 0 Å². The number of carbonyl (C=O) groups is 2. The van der Waals surface area contributed by atoms with Crippen LogP contribution in [0.2, 0.25) is 5.02 Å². The van der Waals surface area contributed by atoms with Gasteiger partial charge in [0.1, 0.15) is 0 Å². The molecule has 10 heteroatoms. The third-order valence-electron chi connectivity index (χ3n) is 3.25. The van der Waals surface area contributed by atoms with Crippen LogP contribution in [0, 0.1) is 0 Å². The lowest BCUT2D eigenvalue weighted by molar-refractivity contribution is -0.126. The van der Waals surface area contributed by atoms with E-state index in [1.165, 1.54) is 21.3 Å². The first-order chi connectivity index (χ1) is 11.1. The summed E-state index contributed by atoms with van der Waals surface area (Å²) in [5, 5.41) is 14.6. The van der Waals surface area contributed by atoms with Crippen molar-refractivity contribution in [3.05, 3.63) is 29.3 Å². The number of thioether (sulfide) groups is 1. The van der Waals surface area contributed by atoms with Gasteiger partial charge in [0.05, 0.1) is 10.9 Å². The molecular formula is C13H13ClN6O2S. The SMILES string of the molecule is C[C@@H](Sc1nnnn1-c1cccc(Cl)c1)C(=O)N1CCNC1=O. The Kier molecular flexibility index (Phi) is 4.49. The van der Waals surface area contributed by atoms with E-state index in [0.717, 1.165) is 0 Å². The number of urea groups is 1. The van der Waals surface area contributed by atoms with Crippen molar-refractivity contribution in [3.8, 4) is 5.69 Å². The first-order valence-corrected chi connectivity index (χ1v) is 8.12. The Balaban J connectivity index is 1.77. The number of aromatic nitrogens is 4. The lowest BCUT2D eigenvalue weighted by atomic mass is 10.3. The molecule has 1 atom stereocenters. The van der Waals surface area contributed by atoms with Gasteiger partial charge in [0, 0.05) is 18.1 Å². The second kappa shape index (κ2) is 6.55. The summed E-state index contributed by atoms with van der Waals surface area (Å²) >= 11 is 7.17. The summed E-state index contributed by atoms with van der Waals surface area (Å²) in [4.78, 5) is 25.1. The van der Waals surface area contributed by atoms with Gasteiger partial charge in [-0.3, -0.25) is 9.69 Å². The average Bonchev–Trinajstić information content (AvgIpc) is 3.15. The maximum Gasteiger partial charge on any atom is 0.324 e. The zero-order chi connectivity index (χ0) is 16.4. The number of tetrazole rings is 1. The number of rotatable bonds is 4. The quantitative estimate of drug-likeness (QED) is 0.835. The molecule has 1 aromatic carbocycles. The van der Waals surface area contributed by atoms with Gasteiger partial charge >= 0.3 is 6.03 Å². The molecule has 120 valence electrons. The largest absolute Gasteiger partial charge is 0.336 e. The lowest BCUT2D eigenvalue weighted by Crippen LogP contribution is -2.39. The summed E-state index contributed by atoms with van der Waals surface area (Å²) in [6.45, 7) is 2.57. The van der Waals surface area contributed by atoms with Crippen molar-refractivity contribution in [2.45, 2.75) is 17.3 Å². The number of nitrogens with one attached hydrogen (secondary N) is 1. The third kappa shape index (κ3) is 3.30. The maximum atomic E-state index is 12.3. The minimum atomic E-state index is -0.497. The smallest absolute Gasteiger partial charge is 0.324 e.